The topological polar surface area (TPSA) is 81.1 Å². The predicted octanol–water partition coefficient (Wildman–Crippen LogP) is 6.07. The lowest BCUT2D eigenvalue weighted by Crippen LogP contribution is -2.31. The highest BCUT2D eigenvalue weighted by Crippen LogP contribution is 2.40. The maximum atomic E-state index is 13.7. The Labute approximate surface area is 221 Å². The highest BCUT2D eigenvalue weighted by atomic mass is 32.2. The van der Waals surface area contributed by atoms with Gasteiger partial charge in [0.1, 0.15) is 11.8 Å². The quantitative estimate of drug-likeness (QED) is 0.280. The summed E-state index contributed by atoms with van der Waals surface area (Å²) in [7, 11) is 1.63. The molecule has 2 heterocycles. The molecule has 0 unspecified atom stereocenters. The number of ether oxygens (including phenoxy) is 1. The molecule has 7 nitrogen and oxygen atoms in total. The van der Waals surface area contributed by atoms with Crippen LogP contribution >= 0.6 is 11.8 Å². The molecule has 0 spiro atoms. The number of nitrogens with one attached hydrogen (secondary N) is 2. The van der Waals surface area contributed by atoms with E-state index in [1.54, 1.807) is 23.6 Å². The Balaban J connectivity index is 1.50. The molecule has 0 radical (unpaired) electrons. The fraction of sp³-hybridized carbons (Fsp3) is 0.207. The van der Waals surface area contributed by atoms with Crippen molar-refractivity contribution in [3.8, 4) is 5.75 Å². The summed E-state index contributed by atoms with van der Waals surface area (Å²) in [5.41, 5.74) is 5.26. The summed E-state index contributed by atoms with van der Waals surface area (Å²) in [6.45, 7) is 4.00. The summed E-state index contributed by atoms with van der Waals surface area (Å²) in [5, 5.41) is 11.8. The third kappa shape index (κ3) is 5.24. The van der Waals surface area contributed by atoms with Gasteiger partial charge in [-0.2, -0.15) is 4.98 Å². The third-order valence-electron chi connectivity index (χ3n) is 6.34. The Morgan fingerprint density at radius 3 is 2.49 bits per heavy atom. The Bertz CT molecular complexity index is 1430. The molecule has 1 aliphatic heterocycles. The van der Waals surface area contributed by atoms with Crippen molar-refractivity contribution in [2.45, 2.75) is 37.2 Å². The molecule has 37 heavy (non-hydrogen) atoms. The van der Waals surface area contributed by atoms with Crippen LogP contribution in [0.4, 0.5) is 11.6 Å². The Morgan fingerprint density at radius 1 is 1.03 bits per heavy atom. The van der Waals surface area contributed by atoms with Crippen molar-refractivity contribution in [1.82, 2.24) is 14.8 Å². The number of anilines is 2. The summed E-state index contributed by atoms with van der Waals surface area (Å²) in [6.07, 6.45) is 0.942. The van der Waals surface area contributed by atoms with Crippen LogP contribution in [0.3, 0.4) is 0 Å². The molecule has 8 heteroatoms. The van der Waals surface area contributed by atoms with Crippen LogP contribution in [-0.4, -0.2) is 27.8 Å². The van der Waals surface area contributed by atoms with Crippen LogP contribution in [0.25, 0.3) is 0 Å². The van der Waals surface area contributed by atoms with Crippen LogP contribution in [0.5, 0.6) is 5.75 Å². The monoisotopic (exact) mass is 511 g/mol. The second-order valence-corrected chi connectivity index (χ2v) is 9.69. The van der Waals surface area contributed by atoms with Gasteiger partial charge in [0.25, 0.3) is 5.91 Å². The number of allylic oxidation sites excluding steroid dienone is 1. The molecule has 0 saturated heterocycles. The molecule has 1 aliphatic rings. The number of aryl methyl sites for hydroxylation is 1. The van der Waals surface area contributed by atoms with E-state index in [0.29, 0.717) is 22.4 Å². The molecule has 4 aromatic rings. The van der Waals surface area contributed by atoms with E-state index >= 15 is 0 Å². The Kier molecular flexibility index (Phi) is 7.28. The van der Waals surface area contributed by atoms with Gasteiger partial charge in [-0.15, -0.1) is 5.10 Å². The van der Waals surface area contributed by atoms with E-state index in [-0.39, 0.29) is 5.91 Å². The van der Waals surface area contributed by atoms with Crippen LogP contribution in [0, 0.1) is 0 Å². The number of aromatic nitrogens is 3. The Hall–Kier alpha value is -4.04. The lowest BCUT2D eigenvalue weighted by atomic mass is 9.94. The van der Waals surface area contributed by atoms with E-state index in [4.69, 9.17) is 14.8 Å². The molecule has 0 saturated carbocycles. The number of benzene rings is 3. The lowest BCUT2D eigenvalue weighted by molar-refractivity contribution is -0.113. The number of amides is 1. The molecule has 0 bridgehead atoms. The van der Waals surface area contributed by atoms with Crippen molar-refractivity contribution in [2.24, 2.45) is 0 Å². The SMILES string of the molecule is CCc1ccc(NC(=O)C2=C(C)Nc3nc(SCc4ccccc4)nn3[C@@H]2c2ccccc2OC)cc1. The van der Waals surface area contributed by atoms with Gasteiger partial charge in [0.05, 0.1) is 12.7 Å². The van der Waals surface area contributed by atoms with Gasteiger partial charge in [-0.25, -0.2) is 4.68 Å². The fourth-order valence-corrected chi connectivity index (χ4v) is 5.20. The maximum Gasteiger partial charge on any atom is 0.255 e. The van der Waals surface area contributed by atoms with Gasteiger partial charge in [-0.3, -0.25) is 4.79 Å². The second-order valence-electron chi connectivity index (χ2n) is 8.75. The smallest absolute Gasteiger partial charge is 0.255 e. The van der Waals surface area contributed by atoms with Gasteiger partial charge in [-0.05, 0) is 42.7 Å². The number of fused-ring (bicyclic) bond motifs is 1. The minimum atomic E-state index is -0.513. The largest absolute Gasteiger partial charge is 0.496 e. The van der Waals surface area contributed by atoms with Crippen LogP contribution in [-0.2, 0) is 17.0 Å². The number of rotatable bonds is 8. The first kappa shape index (κ1) is 24.6. The van der Waals surface area contributed by atoms with E-state index in [0.717, 1.165) is 29.1 Å². The molecule has 0 aliphatic carbocycles. The molecular weight excluding hydrogens is 482 g/mol. The van der Waals surface area contributed by atoms with Gasteiger partial charge in [-0.1, -0.05) is 79.3 Å². The summed E-state index contributed by atoms with van der Waals surface area (Å²) in [6, 6.07) is 25.3. The van der Waals surface area contributed by atoms with Crippen LogP contribution < -0.4 is 15.4 Å². The van der Waals surface area contributed by atoms with Crippen molar-refractivity contribution in [2.75, 3.05) is 17.7 Å². The zero-order valence-corrected chi connectivity index (χ0v) is 21.9. The van der Waals surface area contributed by atoms with Crippen molar-refractivity contribution in [3.05, 3.63) is 107 Å². The highest BCUT2D eigenvalue weighted by molar-refractivity contribution is 7.98. The van der Waals surface area contributed by atoms with Crippen molar-refractivity contribution >= 4 is 29.3 Å². The van der Waals surface area contributed by atoms with Gasteiger partial charge < -0.3 is 15.4 Å². The zero-order valence-electron chi connectivity index (χ0n) is 21.1. The van der Waals surface area contributed by atoms with E-state index < -0.39 is 6.04 Å². The predicted molar refractivity (Wildman–Crippen MR) is 148 cm³/mol. The molecule has 1 amide bonds. The number of hydrogen-bond donors (Lipinski definition) is 2. The Morgan fingerprint density at radius 2 is 1.76 bits per heavy atom. The zero-order chi connectivity index (χ0) is 25.8. The van der Waals surface area contributed by atoms with Crippen molar-refractivity contribution < 1.29 is 9.53 Å². The molecule has 3 aromatic carbocycles. The molecule has 0 fully saturated rings. The lowest BCUT2D eigenvalue weighted by Gasteiger charge is -2.29. The minimum absolute atomic E-state index is 0.204. The normalized spacial score (nSPS) is 14.6. The molecular formula is C29H29N5O2S. The minimum Gasteiger partial charge on any atom is -0.496 e. The summed E-state index contributed by atoms with van der Waals surface area (Å²) in [4.78, 5) is 18.5. The van der Waals surface area contributed by atoms with E-state index in [1.165, 1.54) is 11.1 Å². The first-order valence-corrected chi connectivity index (χ1v) is 13.2. The van der Waals surface area contributed by atoms with Crippen LogP contribution in [0.15, 0.2) is 95.3 Å². The number of hydrogen-bond acceptors (Lipinski definition) is 6. The number of carbonyl (C=O) groups is 1. The summed E-state index contributed by atoms with van der Waals surface area (Å²) < 4.78 is 7.48. The van der Waals surface area contributed by atoms with E-state index in [9.17, 15) is 4.79 Å². The van der Waals surface area contributed by atoms with Crippen molar-refractivity contribution in [1.29, 1.82) is 0 Å². The van der Waals surface area contributed by atoms with Gasteiger partial charge >= 0.3 is 0 Å². The first-order valence-electron chi connectivity index (χ1n) is 12.2. The van der Waals surface area contributed by atoms with Gasteiger partial charge in [0.2, 0.25) is 11.1 Å². The fourth-order valence-electron chi connectivity index (χ4n) is 4.41. The maximum absolute atomic E-state index is 13.7. The number of carbonyl (C=O) groups excluding carboxylic acids is 1. The van der Waals surface area contributed by atoms with E-state index in [1.807, 2.05) is 73.7 Å². The summed E-state index contributed by atoms with van der Waals surface area (Å²) in [5.74, 6) is 1.81. The number of nitrogens with zero attached hydrogens (tertiary/aromatic N) is 3. The van der Waals surface area contributed by atoms with Gasteiger partial charge in [0, 0.05) is 22.7 Å². The molecule has 2 N–H and O–H groups in total. The van der Waals surface area contributed by atoms with Crippen molar-refractivity contribution in [3.63, 3.8) is 0 Å². The molecule has 1 atom stereocenters. The number of methoxy groups -OCH3 is 1. The van der Waals surface area contributed by atoms with E-state index in [2.05, 4.69) is 29.7 Å². The number of thioether (sulfide) groups is 1. The van der Waals surface area contributed by atoms with Crippen LogP contribution in [0.1, 0.15) is 36.6 Å². The highest BCUT2D eigenvalue weighted by Gasteiger charge is 2.36. The standard InChI is InChI=1S/C29H29N5O2S/c1-4-20-14-16-22(17-15-20)31-27(35)25-19(2)30-28-32-29(37-18-21-10-6-5-7-11-21)33-34(28)26(25)23-12-8-9-13-24(23)36-3/h5-17,26H,4,18H2,1-3H3,(H,31,35)(H,30,32,33)/t26-/m1/s1. The summed E-state index contributed by atoms with van der Waals surface area (Å²) >= 11 is 1.56. The first-order chi connectivity index (χ1) is 18.1. The average Bonchev–Trinajstić information content (AvgIpc) is 3.34. The third-order valence-corrected chi connectivity index (χ3v) is 7.25. The molecule has 5 rings (SSSR count). The second kappa shape index (κ2) is 10.9. The average molecular weight is 512 g/mol. The van der Waals surface area contributed by atoms with Gasteiger partial charge in [0.15, 0.2) is 0 Å². The van der Waals surface area contributed by atoms with Crippen LogP contribution in [0.2, 0.25) is 0 Å². The molecule has 1 aromatic heterocycles. The number of para-hydroxylation sites is 1. The molecule has 188 valence electrons.